The Balaban J connectivity index is 3.24. The predicted molar refractivity (Wildman–Crippen MR) is 88.9 cm³/mol. The Bertz CT molecular complexity index is 649. The van der Waals surface area contributed by atoms with Crippen LogP contribution in [-0.2, 0) is 14.3 Å². The monoisotopic (exact) mass is 350 g/mol. The van der Waals surface area contributed by atoms with Crippen LogP contribution in [0.15, 0.2) is 24.3 Å². The van der Waals surface area contributed by atoms with Crippen molar-refractivity contribution in [3.05, 3.63) is 35.6 Å². The highest BCUT2D eigenvalue weighted by Crippen LogP contribution is 2.26. The average molecular weight is 350 g/mol. The lowest BCUT2D eigenvalue weighted by Gasteiger charge is -2.32. The largest absolute Gasteiger partial charge is 0.467 e. The van der Waals surface area contributed by atoms with Crippen LogP contribution in [0.25, 0.3) is 0 Å². The maximum absolute atomic E-state index is 13.6. The summed E-state index contributed by atoms with van der Waals surface area (Å²) >= 11 is 0. The van der Waals surface area contributed by atoms with Crippen LogP contribution in [0.3, 0.4) is 0 Å². The maximum atomic E-state index is 13.6. The van der Waals surface area contributed by atoms with Crippen LogP contribution in [0.5, 0.6) is 0 Å². The van der Waals surface area contributed by atoms with Gasteiger partial charge in [0.05, 0.1) is 13.2 Å². The topological polar surface area (TPSA) is 79.6 Å². The van der Waals surface area contributed by atoms with E-state index in [1.165, 1.54) is 36.3 Å². The highest BCUT2D eigenvalue weighted by molar-refractivity contribution is 5.83. The van der Waals surface area contributed by atoms with Crippen molar-refractivity contribution < 1.29 is 23.5 Å². The number of halogens is 1. The molecule has 0 fully saturated rings. The van der Waals surface area contributed by atoms with Gasteiger partial charge in [-0.3, -0.25) is 4.90 Å². The Morgan fingerprint density at radius 2 is 2.04 bits per heavy atom. The van der Waals surface area contributed by atoms with Gasteiger partial charge >= 0.3 is 12.1 Å². The molecule has 1 aromatic rings. The number of ether oxygens (including phenoxy) is 2. The van der Waals surface area contributed by atoms with Crippen LogP contribution >= 0.6 is 0 Å². The minimum atomic E-state index is -1.16. The fourth-order valence-electron chi connectivity index (χ4n) is 2.21. The lowest BCUT2D eigenvalue weighted by molar-refractivity contribution is -0.147. The average Bonchev–Trinajstić information content (AvgIpc) is 2.52. The molecule has 6 nitrogen and oxygen atoms in total. The minimum absolute atomic E-state index is 0.0960. The van der Waals surface area contributed by atoms with Crippen molar-refractivity contribution in [2.75, 3.05) is 13.7 Å². The molecule has 1 atom stereocenters. The molecule has 0 spiro atoms. The van der Waals surface area contributed by atoms with Gasteiger partial charge in [-0.15, -0.1) is 0 Å². The molecule has 0 N–H and O–H groups in total. The van der Waals surface area contributed by atoms with Gasteiger partial charge in [0.25, 0.3) is 0 Å². The van der Waals surface area contributed by atoms with Gasteiger partial charge in [-0.05, 0) is 44.9 Å². The molecule has 7 heteroatoms. The van der Waals surface area contributed by atoms with Crippen molar-refractivity contribution in [1.82, 2.24) is 4.90 Å². The van der Waals surface area contributed by atoms with Crippen molar-refractivity contribution in [1.29, 1.82) is 5.26 Å². The van der Waals surface area contributed by atoms with Gasteiger partial charge in [0, 0.05) is 13.0 Å². The first-order valence-corrected chi connectivity index (χ1v) is 7.89. The fraction of sp³-hybridized carbons (Fsp3) is 0.500. The standard InChI is InChI=1S/C18H23FN2O4/c1-18(2,3)25-17(23)21(11-6-5-10-20)15(16(22)24-4)13-8-7-9-14(19)12-13/h7-9,12,15H,5-6,11H2,1-4H3. The molecular formula is C18H23FN2O4. The van der Waals surface area contributed by atoms with Gasteiger partial charge < -0.3 is 9.47 Å². The number of amides is 1. The van der Waals surface area contributed by atoms with E-state index >= 15 is 0 Å². The van der Waals surface area contributed by atoms with Crippen LogP contribution in [0, 0.1) is 17.1 Å². The summed E-state index contributed by atoms with van der Waals surface area (Å²) < 4.78 is 23.8. The molecular weight excluding hydrogens is 327 g/mol. The van der Waals surface area contributed by atoms with Gasteiger partial charge in [0.15, 0.2) is 6.04 Å². The van der Waals surface area contributed by atoms with Crippen LogP contribution in [-0.4, -0.2) is 36.2 Å². The predicted octanol–water partition coefficient (Wildman–Crippen LogP) is 3.58. The Morgan fingerprint density at radius 3 is 2.56 bits per heavy atom. The summed E-state index contributed by atoms with van der Waals surface area (Å²) in [6.07, 6.45) is -0.181. The van der Waals surface area contributed by atoms with E-state index in [-0.39, 0.29) is 18.5 Å². The van der Waals surface area contributed by atoms with E-state index in [1.807, 2.05) is 6.07 Å². The van der Waals surface area contributed by atoms with Crippen LogP contribution in [0.2, 0.25) is 0 Å². The Kier molecular flexibility index (Phi) is 7.37. The second kappa shape index (κ2) is 9.02. The number of unbranched alkanes of at least 4 members (excludes halogenated alkanes) is 1. The molecule has 0 aliphatic heterocycles. The first kappa shape index (κ1) is 20.4. The number of nitrogens with zero attached hydrogens (tertiary/aromatic N) is 2. The first-order valence-electron chi connectivity index (χ1n) is 7.89. The van der Waals surface area contributed by atoms with E-state index in [1.54, 1.807) is 20.8 Å². The Morgan fingerprint density at radius 1 is 1.36 bits per heavy atom. The molecule has 1 rings (SSSR count). The SMILES string of the molecule is COC(=O)C(c1cccc(F)c1)N(CCCC#N)C(=O)OC(C)(C)C. The molecule has 0 aliphatic carbocycles. The second-order valence-electron chi connectivity index (χ2n) is 6.42. The first-order chi connectivity index (χ1) is 11.7. The van der Waals surface area contributed by atoms with Crippen LogP contribution in [0.1, 0.15) is 45.2 Å². The molecule has 25 heavy (non-hydrogen) atoms. The summed E-state index contributed by atoms with van der Waals surface area (Å²) in [5.41, 5.74) is -0.498. The lowest BCUT2D eigenvalue weighted by Crippen LogP contribution is -2.43. The Hall–Kier alpha value is -2.62. The third-order valence-corrected chi connectivity index (χ3v) is 3.22. The molecule has 0 aromatic heterocycles. The number of hydrogen-bond acceptors (Lipinski definition) is 5. The van der Waals surface area contributed by atoms with E-state index in [9.17, 15) is 14.0 Å². The van der Waals surface area contributed by atoms with Crippen LogP contribution in [0.4, 0.5) is 9.18 Å². The molecule has 0 saturated heterocycles. The quantitative estimate of drug-likeness (QED) is 0.579. The number of esters is 1. The van der Waals surface area contributed by atoms with Crippen molar-refractivity contribution in [3.8, 4) is 6.07 Å². The highest BCUT2D eigenvalue weighted by atomic mass is 19.1. The van der Waals surface area contributed by atoms with Gasteiger partial charge in [-0.1, -0.05) is 12.1 Å². The molecule has 0 bridgehead atoms. The summed E-state index contributed by atoms with van der Waals surface area (Å²) in [7, 11) is 1.19. The van der Waals surface area contributed by atoms with E-state index in [0.29, 0.717) is 6.42 Å². The second-order valence-corrected chi connectivity index (χ2v) is 6.42. The van der Waals surface area contributed by atoms with E-state index in [2.05, 4.69) is 0 Å². The van der Waals surface area contributed by atoms with Gasteiger partial charge in [-0.25, -0.2) is 14.0 Å². The fourth-order valence-corrected chi connectivity index (χ4v) is 2.21. The summed E-state index contributed by atoms with van der Waals surface area (Å²) in [5.74, 6) is -1.25. The minimum Gasteiger partial charge on any atom is -0.467 e. The molecule has 0 aliphatic rings. The molecule has 0 radical (unpaired) electrons. The number of nitriles is 1. The zero-order valence-corrected chi connectivity index (χ0v) is 14.9. The zero-order chi connectivity index (χ0) is 19.0. The van der Waals surface area contributed by atoms with Crippen molar-refractivity contribution in [2.24, 2.45) is 0 Å². The molecule has 1 aromatic carbocycles. The normalized spacial score (nSPS) is 12.0. The van der Waals surface area contributed by atoms with Crippen molar-refractivity contribution in [2.45, 2.75) is 45.3 Å². The highest BCUT2D eigenvalue weighted by Gasteiger charge is 2.35. The summed E-state index contributed by atoms with van der Waals surface area (Å²) in [6.45, 7) is 5.20. The molecule has 136 valence electrons. The van der Waals surface area contributed by atoms with E-state index in [4.69, 9.17) is 14.7 Å². The van der Waals surface area contributed by atoms with Crippen molar-refractivity contribution in [3.63, 3.8) is 0 Å². The molecule has 1 amide bonds. The van der Waals surface area contributed by atoms with Gasteiger partial charge in [0.2, 0.25) is 0 Å². The number of hydrogen-bond donors (Lipinski definition) is 0. The zero-order valence-electron chi connectivity index (χ0n) is 14.9. The third kappa shape index (κ3) is 6.42. The Labute approximate surface area is 147 Å². The van der Waals surface area contributed by atoms with Gasteiger partial charge in [-0.2, -0.15) is 5.26 Å². The van der Waals surface area contributed by atoms with Crippen LogP contribution < -0.4 is 0 Å². The van der Waals surface area contributed by atoms with E-state index in [0.717, 1.165) is 0 Å². The van der Waals surface area contributed by atoms with Crippen molar-refractivity contribution >= 4 is 12.1 Å². The number of carbonyl (C=O) groups excluding carboxylic acids is 2. The molecule has 1 unspecified atom stereocenters. The summed E-state index contributed by atoms with van der Waals surface area (Å²) in [4.78, 5) is 26.1. The number of rotatable bonds is 6. The number of benzene rings is 1. The number of methoxy groups -OCH3 is 1. The van der Waals surface area contributed by atoms with E-state index < -0.39 is 29.5 Å². The summed E-state index contributed by atoms with van der Waals surface area (Å²) in [6, 6.07) is 6.22. The smallest absolute Gasteiger partial charge is 0.411 e. The third-order valence-electron chi connectivity index (χ3n) is 3.22. The lowest BCUT2D eigenvalue weighted by atomic mass is 10.0. The number of carbonyl (C=O) groups is 2. The van der Waals surface area contributed by atoms with Gasteiger partial charge in [0.1, 0.15) is 11.4 Å². The molecule has 0 saturated carbocycles. The molecule has 0 heterocycles. The summed E-state index contributed by atoms with van der Waals surface area (Å²) in [5, 5.41) is 8.73. The maximum Gasteiger partial charge on any atom is 0.411 e.